The van der Waals surface area contributed by atoms with E-state index in [-0.39, 0.29) is 0 Å². The number of hydrogen-bond donors (Lipinski definition) is 1. The molecule has 6 rings (SSSR count). The van der Waals surface area contributed by atoms with E-state index in [1.165, 1.54) is 60.0 Å². The van der Waals surface area contributed by atoms with Gasteiger partial charge in [0.1, 0.15) is 12.0 Å². The quantitative estimate of drug-likeness (QED) is 0.398. The number of aldehydes is 1. The third kappa shape index (κ3) is 5.11. The van der Waals surface area contributed by atoms with Gasteiger partial charge < -0.3 is 14.8 Å². The van der Waals surface area contributed by atoms with Crippen molar-refractivity contribution in [2.45, 2.75) is 56.8 Å². The summed E-state index contributed by atoms with van der Waals surface area (Å²) in [6.45, 7) is 4.96. The second-order valence-electron chi connectivity index (χ2n) is 11.8. The Morgan fingerprint density at radius 1 is 0.842 bits per heavy atom. The summed E-state index contributed by atoms with van der Waals surface area (Å²) in [6, 6.07) is 26.3. The SMILES string of the molecule is O=CCN1CCC2(CCCN(c3ccc([C@H]4c5ccc(O)cc5CC[C@H]4c4ccccc4)cc3)CC2)CC1. The minimum Gasteiger partial charge on any atom is -0.508 e. The fourth-order valence-corrected chi connectivity index (χ4v) is 7.50. The Balaban J connectivity index is 1.21. The number of rotatable bonds is 5. The number of fused-ring (bicyclic) bond motifs is 1. The van der Waals surface area contributed by atoms with Crippen molar-refractivity contribution in [2.24, 2.45) is 5.41 Å². The smallest absolute Gasteiger partial charge is 0.133 e. The van der Waals surface area contributed by atoms with E-state index >= 15 is 0 Å². The highest BCUT2D eigenvalue weighted by Gasteiger charge is 2.36. The number of aryl methyl sites for hydroxylation is 1. The van der Waals surface area contributed by atoms with Crippen LogP contribution in [0.1, 0.15) is 72.6 Å². The van der Waals surface area contributed by atoms with Crippen molar-refractivity contribution in [1.82, 2.24) is 4.90 Å². The Bertz CT molecular complexity index is 1230. The maximum Gasteiger partial charge on any atom is 0.133 e. The van der Waals surface area contributed by atoms with Gasteiger partial charge in [0.25, 0.3) is 0 Å². The molecule has 0 radical (unpaired) electrons. The molecule has 38 heavy (non-hydrogen) atoms. The zero-order valence-corrected chi connectivity index (χ0v) is 22.4. The predicted octanol–water partition coefficient (Wildman–Crippen LogP) is 6.53. The van der Waals surface area contributed by atoms with Gasteiger partial charge in [-0.2, -0.15) is 0 Å². The molecule has 2 atom stereocenters. The third-order valence-corrected chi connectivity index (χ3v) is 9.73. The summed E-state index contributed by atoms with van der Waals surface area (Å²) in [5.41, 5.74) is 7.19. The molecule has 4 heteroatoms. The molecule has 0 aromatic heterocycles. The molecule has 2 aliphatic heterocycles. The van der Waals surface area contributed by atoms with E-state index in [1.54, 1.807) is 0 Å². The van der Waals surface area contributed by atoms with E-state index in [9.17, 15) is 9.90 Å². The summed E-state index contributed by atoms with van der Waals surface area (Å²) in [6.07, 6.45) is 9.39. The Morgan fingerprint density at radius 2 is 1.61 bits per heavy atom. The highest BCUT2D eigenvalue weighted by molar-refractivity contribution is 5.53. The van der Waals surface area contributed by atoms with Crippen LogP contribution in [0.5, 0.6) is 5.75 Å². The van der Waals surface area contributed by atoms with Crippen LogP contribution in [0, 0.1) is 5.41 Å². The molecule has 0 amide bonds. The van der Waals surface area contributed by atoms with Gasteiger partial charge in [0.05, 0.1) is 6.54 Å². The Hall–Kier alpha value is -3.11. The Labute approximate surface area is 227 Å². The molecular formula is C34H40N2O2. The third-order valence-electron chi connectivity index (χ3n) is 9.73. The molecule has 2 saturated heterocycles. The number of nitrogens with zero attached hydrogens (tertiary/aromatic N) is 2. The van der Waals surface area contributed by atoms with E-state index in [0.717, 1.165) is 45.3 Å². The Kier molecular flexibility index (Phi) is 7.25. The number of carbonyl (C=O) groups excluding carboxylic acids is 1. The standard InChI is InChI=1S/C34H40N2O2/c37-24-23-35-20-16-34(17-21-35)15-4-19-36(22-18-34)29-10-7-27(8-11-29)33-31(26-5-2-1-3-6-26)13-9-28-25-30(38)12-14-32(28)33/h1-3,5-8,10-12,14,24-25,31,33,38H,4,9,13,15-23H2/t31-,33+/m0/s1. The zero-order valence-electron chi connectivity index (χ0n) is 22.4. The lowest BCUT2D eigenvalue weighted by Gasteiger charge is -2.41. The fraction of sp³-hybridized carbons (Fsp3) is 0.441. The molecular weight excluding hydrogens is 468 g/mol. The van der Waals surface area contributed by atoms with Crippen LogP contribution in [-0.4, -0.2) is 49.0 Å². The maximum atomic E-state index is 10.9. The fourth-order valence-electron chi connectivity index (χ4n) is 7.50. The van der Waals surface area contributed by atoms with Crippen LogP contribution < -0.4 is 4.90 Å². The number of likely N-dealkylation sites (tertiary alicyclic amines) is 1. The first-order chi connectivity index (χ1) is 18.6. The second kappa shape index (κ2) is 10.9. The molecule has 3 aromatic carbocycles. The van der Waals surface area contributed by atoms with Crippen LogP contribution in [0.3, 0.4) is 0 Å². The first kappa shape index (κ1) is 25.2. The molecule has 198 valence electrons. The van der Waals surface area contributed by atoms with Crippen molar-refractivity contribution >= 4 is 12.0 Å². The topological polar surface area (TPSA) is 43.8 Å². The van der Waals surface area contributed by atoms with Gasteiger partial charge >= 0.3 is 0 Å². The average Bonchev–Trinajstić information content (AvgIpc) is 3.17. The molecule has 4 nitrogen and oxygen atoms in total. The molecule has 1 N–H and O–H groups in total. The van der Waals surface area contributed by atoms with Gasteiger partial charge in [-0.15, -0.1) is 0 Å². The normalized spacial score (nSPS) is 23.5. The monoisotopic (exact) mass is 508 g/mol. The number of aromatic hydroxyl groups is 1. The summed E-state index contributed by atoms with van der Waals surface area (Å²) < 4.78 is 0. The lowest BCUT2D eigenvalue weighted by Crippen LogP contribution is -2.41. The van der Waals surface area contributed by atoms with Crippen LogP contribution in [-0.2, 0) is 11.2 Å². The molecule has 0 saturated carbocycles. The summed E-state index contributed by atoms with van der Waals surface area (Å²) in [4.78, 5) is 15.8. The molecule has 3 aromatic rings. The highest BCUT2D eigenvalue weighted by Crippen LogP contribution is 2.47. The Morgan fingerprint density at radius 3 is 2.37 bits per heavy atom. The molecule has 0 bridgehead atoms. The van der Waals surface area contributed by atoms with Crippen molar-refractivity contribution in [2.75, 3.05) is 37.6 Å². The number of anilines is 1. The lowest BCUT2D eigenvalue weighted by molar-refractivity contribution is -0.109. The summed E-state index contributed by atoms with van der Waals surface area (Å²) in [5.74, 6) is 1.09. The molecule has 1 spiro atoms. The number of piperidine rings is 1. The lowest BCUT2D eigenvalue weighted by atomic mass is 9.69. The van der Waals surface area contributed by atoms with Crippen LogP contribution in [0.4, 0.5) is 5.69 Å². The molecule has 1 aliphatic carbocycles. The minimum atomic E-state index is 0.291. The van der Waals surface area contributed by atoms with Gasteiger partial charge in [0, 0.05) is 24.7 Å². The number of hydrogen-bond acceptors (Lipinski definition) is 4. The second-order valence-corrected chi connectivity index (χ2v) is 11.8. The minimum absolute atomic E-state index is 0.291. The van der Waals surface area contributed by atoms with Crippen molar-refractivity contribution in [1.29, 1.82) is 0 Å². The van der Waals surface area contributed by atoms with Gasteiger partial charge in [-0.1, -0.05) is 48.5 Å². The van der Waals surface area contributed by atoms with Gasteiger partial charge in [-0.25, -0.2) is 0 Å². The number of phenolic OH excluding ortho intramolecular Hbond substituents is 1. The predicted molar refractivity (Wildman–Crippen MR) is 154 cm³/mol. The van der Waals surface area contributed by atoms with Crippen LogP contribution >= 0.6 is 0 Å². The summed E-state index contributed by atoms with van der Waals surface area (Å²) in [5, 5.41) is 10.1. The van der Waals surface area contributed by atoms with Crippen LogP contribution in [0.15, 0.2) is 72.8 Å². The van der Waals surface area contributed by atoms with E-state index in [0.29, 0.717) is 29.5 Å². The highest BCUT2D eigenvalue weighted by atomic mass is 16.3. The van der Waals surface area contributed by atoms with Gasteiger partial charge in [0.2, 0.25) is 0 Å². The van der Waals surface area contributed by atoms with Gasteiger partial charge in [0.15, 0.2) is 0 Å². The van der Waals surface area contributed by atoms with Crippen molar-refractivity contribution < 1.29 is 9.90 Å². The van der Waals surface area contributed by atoms with Gasteiger partial charge in [-0.3, -0.25) is 4.90 Å². The summed E-state index contributed by atoms with van der Waals surface area (Å²) >= 11 is 0. The first-order valence-corrected chi connectivity index (χ1v) is 14.5. The van der Waals surface area contributed by atoms with E-state index in [2.05, 4.69) is 70.5 Å². The average molecular weight is 509 g/mol. The van der Waals surface area contributed by atoms with Crippen molar-refractivity contribution in [3.05, 3.63) is 95.1 Å². The van der Waals surface area contributed by atoms with Crippen molar-refractivity contribution in [3.63, 3.8) is 0 Å². The van der Waals surface area contributed by atoms with Crippen LogP contribution in [0.25, 0.3) is 0 Å². The van der Waals surface area contributed by atoms with Crippen molar-refractivity contribution in [3.8, 4) is 5.75 Å². The first-order valence-electron chi connectivity index (χ1n) is 14.5. The maximum absolute atomic E-state index is 10.9. The van der Waals surface area contributed by atoms with Crippen LogP contribution in [0.2, 0.25) is 0 Å². The number of benzene rings is 3. The largest absolute Gasteiger partial charge is 0.508 e. The van der Waals surface area contributed by atoms with E-state index in [4.69, 9.17) is 0 Å². The number of carbonyl (C=O) groups is 1. The molecule has 2 fully saturated rings. The molecule has 3 aliphatic rings. The summed E-state index contributed by atoms with van der Waals surface area (Å²) in [7, 11) is 0. The van der Waals surface area contributed by atoms with Gasteiger partial charge in [-0.05, 0) is 116 Å². The van der Waals surface area contributed by atoms with E-state index < -0.39 is 0 Å². The zero-order chi connectivity index (χ0) is 26.0. The molecule has 2 heterocycles. The van der Waals surface area contributed by atoms with E-state index in [1.807, 2.05) is 12.1 Å². The molecule has 0 unspecified atom stereocenters. The number of phenols is 1.